The predicted octanol–water partition coefficient (Wildman–Crippen LogP) is 5.54. The molecule has 0 bridgehead atoms. The molecule has 1 fully saturated rings. The SMILES string of the molecule is CCC1CCC(Oc2c(Br)cccc2CCl)CC1. The fourth-order valence-corrected chi connectivity index (χ4v) is 3.33. The molecule has 0 spiro atoms. The van der Waals surface area contributed by atoms with Crippen molar-refractivity contribution in [2.45, 2.75) is 51.0 Å². The van der Waals surface area contributed by atoms with Crippen LogP contribution >= 0.6 is 27.5 Å². The summed E-state index contributed by atoms with van der Waals surface area (Å²) in [6, 6.07) is 6.05. The fourth-order valence-electron chi connectivity index (χ4n) is 2.62. The standard InChI is InChI=1S/C15H20BrClO/c1-2-11-6-8-13(9-7-11)18-15-12(10-17)4-3-5-14(15)16/h3-5,11,13H,2,6-10H2,1H3. The van der Waals surface area contributed by atoms with E-state index in [4.69, 9.17) is 16.3 Å². The first-order valence-electron chi connectivity index (χ1n) is 6.74. The molecule has 3 heteroatoms. The van der Waals surface area contributed by atoms with Gasteiger partial charge in [0.1, 0.15) is 5.75 Å². The van der Waals surface area contributed by atoms with Crippen molar-refractivity contribution in [1.29, 1.82) is 0 Å². The lowest BCUT2D eigenvalue weighted by atomic mass is 9.86. The molecule has 0 radical (unpaired) electrons. The predicted molar refractivity (Wildman–Crippen MR) is 80.4 cm³/mol. The number of benzene rings is 1. The molecule has 2 rings (SSSR count). The van der Waals surface area contributed by atoms with Crippen LogP contribution in [0, 0.1) is 5.92 Å². The highest BCUT2D eigenvalue weighted by molar-refractivity contribution is 9.10. The Balaban J connectivity index is 2.02. The van der Waals surface area contributed by atoms with Gasteiger partial charge >= 0.3 is 0 Å². The van der Waals surface area contributed by atoms with Crippen molar-refractivity contribution in [3.05, 3.63) is 28.2 Å². The first kappa shape index (κ1) is 14.2. The van der Waals surface area contributed by atoms with Crippen LogP contribution in [0.2, 0.25) is 0 Å². The average Bonchev–Trinajstić information content (AvgIpc) is 2.42. The van der Waals surface area contributed by atoms with Crippen molar-refractivity contribution in [3.8, 4) is 5.75 Å². The van der Waals surface area contributed by atoms with Crippen molar-refractivity contribution >= 4 is 27.5 Å². The summed E-state index contributed by atoms with van der Waals surface area (Å²) in [5.74, 6) is 2.34. The number of rotatable bonds is 4. The van der Waals surface area contributed by atoms with Gasteiger partial charge in [-0.3, -0.25) is 0 Å². The molecular formula is C15H20BrClO. The number of ether oxygens (including phenoxy) is 1. The van der Waals surface area contributed by atoms with Gasteiger partial charge in [0.25, 0.3) is 0 Å². The zero-order valence-corrected chi connectivity index (χ0v) is 13.1. The Labute approximate surface area is 123 Å². The maximum atomic E-state index is 6.17. The summed E-state index contributed by atoms with van der Waals surface area (Å²) in [5.41, 5.74) is 1.07. The monoisotopic (exact) mass is 330 g/mol. The molecule has 0 N–H and O–H groups in total. The molecular weight excluding hydrogens is 312 g/mol. The highest BCUT2D eigenvalue weighted by Gasteiger charge is 2.22. The van der Waals surface area contributed by atoms with Crippen LogP contribution in [0.15, 0.2) is 22.7 Å². The van der Waals surface area contributed by atoms with Crippen LogP contribution in [0.5, 0.6) is 5.75 Å². The average molecular weight is 332 g/mol. The summed E-state index contributed by atoms with van der Waals surface area (Å²) in [5, 5.41) is 0. The Kier molecular flexibility index (Phi) is 5.38. The molecule has 1 saturated carbocycles. The molecule has 0 amide bonds. The van der Waals surface area contributed by atoms with Crippen molar-refractivity contribution in [2.75, 3.05) is 0 Å². The van der Waals surface area contributed by atoms with E-state index < -0.39 is 0 Å². The first-order valence-corrected chi connectivity index (χ1v) is 8.07. The third kappa shape index (κ3) is 3.42. The number of halogens is 2. The second-order valence-corrected chi connectivity index (χ2v) is 6.15. The van der Waals surface area contributed by atoms with E-state index >= 15 is 0 Å². The summed E-state index contributed by atoms with van der Waals surface area (Å²) in [6.07, 6.45) is 6.58. The van der Waals surface area contributed by atoms with Gasteiger partial charge in [0.2, 0.25) is 0 Å². The van der Waals surface area contributed by atoms with Gasteiger partial charge in [0.05, 0.1) is 16.5 Å². The van der Waals surface area contributed by atoms with E-state index in [1.165, 1.54) is 32.1 Å². The van der Waals surface area contributed by atoms with Gasteiger partial charge in [0.15, 0.2) is 0 Å². The minimum atomic E-state index is 0.355. The van der Waals surface area contributed by atoms with Gasteiger partial charge in [-0.05, 0) is 53.6 Å². The second-order valence-electron chi connectivity index (χ2n) is 5.03. The molecule has 0 aromatic heterocycles. The lowest BCUT2D eigenvalue weighted by Gasteiger charge is -2.29. The lowest BCUT2D eigenvalue weighted by Crippen LogP contribution is -2.24. The largest absolute Gasteiger partial charge is 0.489 e. The third-order valence-electron chi connectivity index (χ3n) is 3.85. The molecule has 0 atom stereocenters. The van der Waals surface area contributed by atoms with Crippen molar-refractivity contribution < 1.29 is 4.74 Å². The Bertz CT molecular complexity index is 386. The summed E-state index contributed by atoms with van der Waals surface area (Å²) < 4.78 is 7.18. The van der Waals surface area contributed by atoms with E-state index in [0.717, 1.165) is 21.7 Å². The van der Waals surface area contributed by atoms with Crippen LogP contribution < -0.4 is 4.74 Å². The molecule has 1 aromatic carbocycles. The highest BCUT2D eigenvalue weighted by Crippen LogP contribution is 2.35. The zero-order valence-electron chi connectivity index (χ0n) is 10.8. The maximum Gasteiger partial charge on any atom is 0.138 e. The van der Waals surface area contributed by atoms with Gasteiger partial charge in [-0.1, -0.05) is 25.5 Å². The molecule has 1 aliphatic carbocycles. The number of hydrogen-bond acceptors (Lipinski definition) is 1. The van der Waals surface area contributed by atoms with E-state index in [0.29, 0.717) is 12.0 Å². The molecule has 1 nitrogen and oxygen atoms in total. The van der Waals surface area contributed by atoms with E-state index in [-0.39, 0.29) is 0 Å². The first-order chi connectivity index (χ1) is 8.74. The number of para-hydroxylation sites is 1. The lowest BCUT2D eigenvalue weighted by molar-refractivity contribution is 0.128. The van der Waals surface area contributed by atoms with Crippen molar-refractivity contribution in [2.24, 2.45) is 5.92 Å². The van der Waals surface area contributed by atoms with Crippen molar-refractivity contribution in [1.82, 2.24) is 0 Å². The van der Waals surface area contributed by atoms with E-state index in [1.54, 1.807) is 0 Å². The van der Waals surface area contributed by atoms with E-state index in [9.17, 15) is 0 Å². The highest BCUT2D eigenvalue weighted by atomic mass is 79.9. The maximum absolute atomic E-state index is 6.17. The van der Waals surface area contributed by atoms with Gasteiger partial charge in [0, 0.05) is 5.56 Å². The Morgan fingerprint density at radius 2 is 2.00 bits per heavy atom. The molecule has 18 heavy (non-hydrogen) atoms. The van der Waals surface area contributed by atoms with Crippen LogP contribution in [-0.2, 0) is 5.88 Å². The summed E-state index contributed by atoms with van der Waals surface area (Å²) in [6.45, 7) is 2.28. The normalized spacial score (nSPS) is 23.9. The molecule has 1 aromatic rings. The van der Waals surface area contributed by atoms with Gasteiger partial charge in [-0.25, -0.2) is 0 Å². The molecule has 0 unspecified atom stereocenters. The van der Waals surface area contributed by atoms with Crippen molar-refractivity contribution in [3.63, 3.8) is 0 Å². The number of alkyl halides is 1. The van der Waals surface area contributed by atoms with Crippen LogP contribution in [0.25, 0.3) is 0 Å². The van der Waals surface area contributed by atoms with Gasteiger partial charge in [-0.15, -0.1) is 11.6 Å². The molecule has 100 valence electrons. The topological polar surface area (TPSA) is 9.23 Å². The molecule has 0 aliphatic heterocycles. The second kappa shape index (κ2) is 6.81. The quantitative estimate of drug-likeness (QED) is 0.659. The molecule has 0 saturated heterocycles. The fraction of sp³-hybridized carbons (Fsp3) is 0.600. The Hall–Kier alpha value is -0.210. The molecule has 0 heterocycles. The summed E-state index contributed by atoms with van der Waals surface area (Å²) >= 11 is 9.52. The van der Waals surface area contributed by atoms with Gasteiger partial charge < -0.3 is 4.74 Å². The number of hydrogen-bond donors (Lipinski definition) is 0. The smallest absolute Gasteiger partial charge is 0.138 e. The van der Waals surface area contributed by atoms with Crippen LogP contribution in [-0.4, -0.2) is 6.10 Å². The van der Waals surface area contributed by atoms with Crippen LogP contribution in [0.4, 0.5) is 0 Å². The van der Waals surface area contributed by atoms with E-state index in [1.807, 2.05) is 18.2 Å². The summed E-state index contributed by atoms with van der Waals surface area (Å²) in [7, 11) is 0. The zero-order chi connectivity index (χ0) is 13.0. The summed E-state index contributed by atoms with van der Waals surface area (Å²) in [4.78, 5) is 0. The van der Waals surface area contributed by atoms with E-state index in [2.05, 4.69) is 22.9 Å². The Morgan fingerprint density at radius 1 is 1.28 bits per heavy atom. The minimum absolute atomic E-state index is 0.355. The molecule has 1 aliphatic rings. The minimum Gasteiger partial charge on any atom is -0.489 e. The van der Waals surface area contributed by atoms with Crippen LogP contribution in [0.1, 0.15) is 44.6 Å². The van der Waals surface area contributed by atoms with Crippen LogP contribution in [0.3, 0.4) is 0 Å². The third-order valence-corrected chi connectivity index (χ3v) is 4.76. The van der Waals surface area contributed by atoms with Gasteiger partial charge in [-0.2, -0.15) is 0 Å². The Morgan fingerprint density at radius 3 is 2.61 bits per heavy atom.